The first-order valence-electron chi connectivity index (χ1n) is 22.6. The Balaban J connectivity index is 1.17. The van der Waals surface area contributed by atoms with Gasteiger partial charge in [0, 0.05) is 35.6 Å². The number of nitrogens with one attached hydrogen (secondary N) is 3. The van der Waals surface area contributed by atoms with Crippen LogP contribution in [0.1, 0.15) is 101 Å². The lowest BCUT2D eigenvalue weighted by atomic mass is 9.83. The van der Waals surface area contributed by atoms with Crippen LogP contribution in [0.3, 0.4) is 0 Å². The van der Waals surface area contributed by atoms with Crippen LogP contribution in [0.15, 0.2) is 61.2 Å². The molecule has 5 aliphatic rings. The minimum absolute atomic E-state index is 0.0101. The van der Waals surface area contributed by atoms with Crippen molar-refractivity contribution < 1.29 is 41.8 Å². The molecule has 3 aromatic rings. The highest BCUT2D eigenvalue weighted by atomic mass is 32.2. The van der Waals surface area contributed by atoms with E-state index in [1.54, 1.807) is 7.11 Å². The van der Waals surface area contributed by atoms with Crippen molar-refractivity contribution >= 4 is 44.7 Å². The Morgan fingerprint density at radius 3 is 2.49 bits per heavy atom. The number of sulfonamides is 1. The Hall–Kier alpha value is -5.18. The number of pyridine rings is 1. The van der Waals surface area contributed by atoms with Crippen LogP contribution >= 0.6 is 0 Å². The Kier molecular flexibility index (Phi) is 12.8. The number of hydrogen-bond acceptors (Lipinski definition) is 10. The molecule has 2 aliphatic heterocycles. The Morgan fingerprint density at radius 2 is 1.79 bits per heavy atom. The van der Waals surface area contributed by atoms with Gasteiger partial charge in [-0.2, -0.15) is 0 Å². The number of benzene rings is 2. The molecule has 5 atom stereocenters. The van der Waals surface area contributed by atoms with Gasteiger partial charge in [-0.1, -0.05) is 69.5 Å². The number of fused-ring (bicyclic) bond motifs is 3. The molecule has 1 aromatic heterocycles. The quantitative estimate of drug-likeness (QED) is 0.191. The van der Waals surface area contributed by atoms with E-state index in [0.717, 1.165) is 55.2 Å². The van der Waals surface area contributed by atoms with Gasteiger partial charge in [0.05, 0.1) is 31.0 Å². The molecule has 0 radical (unpaired) electrons. The summed E-state index contributed by atoms with van der Waals surface area (Å²) >= 11 is 0. The van der Waals surface area contributed by atoms with Crippen molar-refractivity contribution in [2.24, 2.45) is 17.3 Å². The van der Waals surface area contributed by atoms with Crippen LogP contribution in [-0.4, -0.2) is 91.4 Å². The first-order valence-corrected chi connectivity index (χ1v) is 24.2. The van der Waals surface area contributed by atoms with Gasteiger partial charge in [0.25, 0.3) is 5.91 Å². The molecule has 3 heterocycles. The Bertz CT molecular complexity index is 2350. The standard InChI is InChI=1S/C48H61N5O9S/c1-5-33-27-48(33,45(56)52-63(58,59)36-20-21-36)51-43(54)39-25-35-28-53(39)44(55)42(31-15-10-7-11-16-31)50-46(57)61-29-47(2,3)22-12-17-32-23-37-38(26-40(32)60-4)49-34(24-41(37)62-35)19-18-30-13-8-6-9-14-30/h5-6,8-9,13-14,23-24,26,31,33,35-36,39,42H,1,7,10-12,15-22,25,27-29H2,2-4H3,(H,50,57)(H,51,54)(H,52,56)/t33-,35+,39-,42-,48-/m0/s1. The van der Waals surface area contributed by atoms with Crippen LogP contribution in [-0.2, 0) is 48.4 Å². The molecule has 2 aromatic carbocycles. The molecule has 8 rings (SSSR count). The smallest absolute Gasteiger partial charge is 0.407 e. The molecule has 3 aliphatic carbocycles. The first-order chi connectivity index (χ1) is 30.2. The van der Waals surface area contributed by atoms with Crippen molar-refractivity contribution in [1.82, 2.24) is 25.2 Å². The molecule has 4 amide bonds. The number of alkyl carbamates (subject to hydrolysis) is 1. The molecule has 4 fully saturated rings. The SMILES string of the molecule is C=C[C@H]1C[C@@]1(NC(=O)[C@@H]1C[C@@H]2CN1C(=O)[C@H](C1CCCCC1)NC(=O)OCC(C)(C)CCCc1cc3c(cc(CCc4ccccc4)nc3cc1OC)O2)C(=O)NS(=O)(=O)C1CC1. The summed E-state index contributed by atoms with van der Waals surface area (Å²) in [5.41, 5.74) is 1.70. The summed E-state index contributed by atoms with van der Waals surface area (Å²) in [7, 11) is -2.27. The highest BCUT2D eigenvalue weighted by Gasteiger charge is 2.62. The lowest BCUT2D eigenvalue weighted by molar-refractivity contribution is -0.142. The summed E-state index contributed by atoms with van der Waals surface area (Å²) in [5, 5.41) is 5.96. The third-order valence-electron chi connectivity index (χ3n) is 13.7. The van der Waals surface area contributed by atoms with Crippen LogP contribution in [0.4, 0.5) is 4.79 Å². The number of ether oxygens (including phenoxy) is 3. The van der Waals surface area contributed by atoms with Gasteiger partial charge in [0.1, 0.15) is 35.2 Å². The number of aryl methyl sites for hydroxylation is 3. The molecule has 4 bridgehead atoms. The van der Waals surface area contributed by atoms with Gasteiger partial charge in [0.15, 0.2) is 0 Å². The zero-order chi connectivity index (χ0) is 44.5. The molecular weight excluding hydrogens is 823 g/mol. The van der Waals surface area contributed by atoms with Crippen molar-refractivity contribution in [2.75, 3.05) is 20.3 Å². The number of nitrogens with zero attached hydrogens (tertiary/aromatic N) is 2. The van der Waals surface area contributed by atoms with Crippen molar-refractivity contribution in [3.63, 3.8) is 0 Å². The molecule has 3 saturated carbocycles. The van der Waals surface area contributed by atoms with E-state index in [1.165, 1.54) is 16.5 Å². The maximum atomic E-state index is 15.1. The van der Waals surface area contributed by atoms with Gasteiger partial charge < -0.3 is 29.7 Å². The average Bonchev–Trinajstić information content (AvgIpc) is 4.21. The van der Waals surface area contributed by atoms with E-state index in [0.29, 0.717) is 55.5 Å². The molecule has 14 nitrogen and oxygen atoms in total. The van der Waals surface area contributed by atoms with Crippen molar-refractivity contribution in [1.29, 1.82) is 0 Å². The van der Waals surface area contributed by atoms with E-state index in [4.69, 9.17) is 19.2 Å². The van der Waals surface area contributed by atoms with Gasteiger partial charge in [-0.05, 0) is 92.7 Å². The van der Waals surface area contributed by atoms with Crippen LogP contribution in [0.5, 0.6) is 11.5 Å². The second-order valence-electron chi connectivity index (χ2n) is 19.1. The maximum absolute atomic E-state index is 15.1. The second-order valence-corrected chi connectivity index (χ2v) is 21.0. The highest BCUT2D eigenvalue weighted by molar-refractivity contribution is 7.91. The molecule has 0 unspecified atom stereocenters. The lowest BCUT2D eigenvalue weighted by Crippen LogP contribution is -2.59. The summed E-state index contributed by atoms with van der Waals surface area (Å²) in [6, 6.07) is 14.0. The fourth-order valence-corrected chi connectivity index (χ4v) is 11.1. The van der Waals surface area contributed by atoms with Gasteiger partial charge in [-0.15, -0.1) is 6.58 Å². The van der Waals surface area contributed by atoms with Crippen LogP contribution in [0.25, 0.3) is 10.9 Å². The molecule has 15 heteroatoms. The molecular formula is C48H61N5O9S. The predicted octanol–water partition coefficient (Wildman–Crippen LogP) is 6.08. The zero-order valence-corrected chi connectivity index (χ0v) is 37.5. The summed E-state index contributed by atoms with van der Waals surface area (Å²) in [5.74, 6) is -1.32. The van der Waals surface area contributed by atoms with Gasteiger partial charge in [-0.3, -0.25) is 24.1 Å². The van der Waals surface area contributed by atoms with Crippen LogP contribution in [0, 0.1) is 17.3 Å². The van der Waals surface area contributed by atoms with E-state index in [1.807, 2.05) is 44.2 Å². The maximum Gasteiger partial charge on any atom is 0.407 e. The molecule has 3 N–H and O–H groups in total. The fraction of sp³-hybridized carbons (Fsp3) is 0.562. The third kappa shape index (κ3) is 9.98. The van der Waals surface area contributed by atoms with E-state index in [9.17, 15) is 22.8 Å². The number of methoxy groups -OCH3 is 1. The zero-order valence-electron chi connectivity index (χ0n) is 36.7. The fourth-order valence-electron chi connectivity index (χ4n) is 9.71. The Morgan fingerprint density at radius 1 is 1.03 bits per heavy atom. The summed E-state index contributed by atoms with van der Waals surface area (Å²) < 4.78 is 46.7. The largest absolute Gasteiger partial charge is 0.496 e. The number of rotatable bonds is 11. The van der Waals surface area contributed by atoms with E-state index in [-0.39, 0.29) is 37.3 Å². The molecule has 1 saturated heterocycles. The van der Waals surface area contributed by atoms with Crippen LogP contribution < -0.4 is 24.8 Å². The minimum Gasteiger partial charge on any atom is -0.496 e. The average molecular weight is 884 g/mol. The Labute approximate surface area is 370 Å². The van der Waals surface area contributed by atoms with Gasteiger partial charge in [-0.25, -0.2) is 13.2 Å². The molecule has 63 heavy (non-hydrogen) atoms. The summed E-state index contributed by atoms with van der Waals surface area (Å²) in [6.07, 6.45) is 9.14. The predicted molar refractivity (Wildman–Crippen MR) is 238 cm³/mol. The van der Waals surface area contributed by atoms with E-state index in [2.05, 4.69) is 40.1 Å². The normalized spacial score (nSPS) is 26.7. The van der Waals surface area contributed by atoms with Crippen molar-refractivity contribution in [2.45, 2.75) is 133 Å². The number of aromatic nitrogens is 1. The van der Waals surface area contributed by atoms with Crippen LogP contribution in [0.2, 0.25) is 0 Å². The van der Waals surface area contributed by atoms with Gasteiger partial charge >= 0.3 is 6.09 Å². The van der Waals surface area contributed by atoms with E-state index < -0.39 is 68.7 Å². The number of carbonyl (C=O) groups excluding carboxylic acids is 4. The number of carbonyl (C=O) groups is 4. The minimum atomic E-state index is -3.92. The summed E-state index contributed by atoms with van der Waals surface area (Å²) in [6.45, 7) is 8.08. The monoisotopic (exact) mass is 883 g/mol. The molecule has 0 spiro atoms. The number of amides is 4. The second kappa shape index (κ2) is 18.1. The number of hydrogen-bond donors (Lipinski definition) is 3. The highest BCUT2D eigenvalue weighted by Crippen LogP contribution is 2.46. The molecule has 338 valence electrons. The van der Waals surface area contributed by atoms with E-state index >= 15 is 4.79 Å². The third-order valence-corrected chi connectivity index (χ3v) is 15.5. The lowest BCUT2D eigenvalue weighted by Gasteiger charge is -2.35. The van der Waals surface area contributed by atoms with Gasteiger partial charge in [0.2, 0.25) is 21.8 Å². The first kappa shape index (κ1) is 44.4. The van der Waals surface area contributed by atoms with Crippen molar-refractivity contribution in [3.8, 4) is 11.5 Å². The summed E-state index contributed by atoms with van der Waals surface area (Å²) in [4.78, 5) is 63.7. The van der Waals surface area contributed by atoms with Crippen molar-refractivity contribution in [3.05, 3.63) is 78.0 Å². The number of cyclic esters (lactones) is 1. The topological polar surface area (TPSA) is 182 Å².